The first kappa shape index (κ1) is 26.9. The normalized spacial score (nSPS) is 11.1. The third-order valence-corrected chi connectivity index (χ3v) is 6.93. The molecule has 0 aliphatic carbocycles. The molecule has 0 saturated heterocycles. The number of aromatic nitrogens is 2. The lowest BCUT2D eigenvalue weighted by molar-refractivity contribution is -0.117. The van der Waals surface area contributed by atoms with Gasteiger partial charge in [0.15, 0.2) is 0 Å². The fraction of sp³-hybridized carbons (Fsp3) is 0.206. The molecule has 5 aromatic rings. The van der Waals surface area contributed by atoms with E-state index in [0.29, 0.717) is 17.9 Å². The van der Waals surface area contributed by atoms with Crippen molar-refractivity contribution in [2.24, 2.45) is 5.92 Å². The van der Waals surface area contributed by atoms with Gasteiger partial charge in [-0.1, -0.05) is 92.7 Å². The third-order valence-electron chi connectivity index (χ3n) is 6.93. The summed E-state index contributed by atoms with van der Waals surface area (Å²) in [6.07, 6.45) is 0. The number of carbonyl (C=O) groups is 2. The Balaban J connectivity index is 1.48. The summed E-state index contributed by atoms with van der Waals surface area (Å²) in [5, 5.41) is 10.0. The Hall–Kier alpha value is -4.71. The van der Waals surface area contributed by atoms with Crippen LogP contribution in [0.1, 0.15) is 35.5 Å². The molecule has 40 heavy (non-hydrogen) atoms. The van der Waals surface area contributed by atoms with E-state index in [-0.39, 0.29) is 24.3 Å². The number of nitrogens with zero attached hydrogens (tertiary/aromatic N) is 3. The van der Waals surface area contributed by atoms with Crippen LogP contribution in [0.3, 0.4) is 0 Å². The molecule has 1 aromatic heterocycles. The predicted octanol–water partition coefficient (Wildman–Crippen LogP) is 7.05. The van der Waals surface area contributed by atoms with Crippen molar-refractivity contribution in [2.75, 3.05) is 18.4 Å². The van der Waals surface area contributed by atoms with Crippen LogP contribution < -0.4 is 5.32 Å². The number of hydrogen-bond donors (Lipinski definition) is 1. The Labute approximate surface area is 235 Å². The second kappa shape index (κ2) is 11.6. The van der Waals surface area contributed by atoms with Crippen molar-refractivity contribution < 1.29 is 9.59 Å². The standard InChI is InChI=1S/C34H34N4O2/c1-23(2)21-37(34(40)29-19-18-26-13-9-10-16-28(26)20-29)22-31(39)35-33-32(27-14-6-5-7-15-27)25(4)36-38(33)30-17-11-8-12-24(30)3/h5-20,23H,21-22H2,1-4H3,(H,35,39). The Morgan fingerprint density at radius 2 is 1.52 bits per heavy atom. The van der Waals surface area contributed by atoms with Crippen molar-refractivity contribution in [3.05, 3.63) is 114 Å². The predicted molar refractivity (Wildman–Crippen MR) is 162 cm³/mol. The van der Waals surface area contributed by atoms with Crippen molar-refractivity contribution >= 4 is 28.4 Å². The van der Waals surface area contributed by atoms with Gasteiger partial charge in [0.05, 0.1) is 11.4 Å². The molecule has 202 valence electrons. The van der Waals surface area contributed by atoms with Gasteiger partial charge < -0.3 is 10.2 Å². The molecule has 0 spiro atoms. The molecule has 0 aliphatic rings. The molecule has 0 saturated carbocycles. The van der Waals surface area contributed by atoms with Gasteiger partial charge in [0.2, 0.25) is 5.91 Å². The van der Waals surface area contributed by atoms with E-state index in [0.717, 1.165) is 38.8 Å². The highest BCUT2D eigenvalue weighted by Gasteiger charge is 2.24. The molecule has 2 amide bonds. The SMILES string of the molecule is Cc1ccccc1-n1nc(C)c(-c2ccccc2)c1NC(=O)CN(CC(C)C)C(=O)c1ccc2ccccc2c1. The number of nitrogens with one attached hydrogen (secondary N) is 1. The molecule has 0 aliphatic heterocycles. The van der Waals surface area contributed by atoms with E-state index in [2.05, 4.69) is 5.32 Å². The van der Waals surface area contributed by atoms with Crippen LogP contribution in [0.5, 0.6) is 0 Å². The second-order valence-electron chi connectivity index (χ2n) is 10.6. The van der Waals surface area contributed by atoms with Crippen LogP contribution in [0.15, 0.2) is 97.1 Å². The molecule has 0 unspecified atom stereocenters. The van der Waals surface area contributed by atoms with Crippen LogP contribution >= 0.6 is 0 Å². The minimum atomic E-state index is -0.276. The summed E-state index contributed by atoms with van der Waals surface area (Å²) >= 11 is 0. The van der Waals surface area contributed by atoms with Gasteiger partial charge in [-0.3, -0.25) is 9.59 Å². The zero-order valence-corrected chi connectivity index (χ0v) is 23.4. The fourth-order valence-corrected chi connectivity index (χ4v) is 5.08. The molecule has 0 atom stereocenters. The van der Waals surface area contributed by atoms with E-state index in [1.165, 1.54) is 0 Å². The number of para-hydroxylation sites is 1. The Morgan fingerprint density at radius 3 is 2.25 bits per heavy atom. The van der Waals surface area contributed by atoms with Gasteiger partial charge >= 0.3 is 0 Å². The van der Waals surface area contributed by atoms with E-state index >= 15 is 0 Å². The summed E-state index contributed by atoms with van der Waals surface area (Å²) in [5.41, 5.74) is 5.10. The molecular formula is C34H34N4O2. The number of fused-ring (bicyclic) bond motifs is 1. The lowest BCUT2D eigenvalue weighted by atomic mass is 10.1. The Bertz CT molecular complexity index is 1670. The molecule has 5 rings (SSSR count). The highest BCUT2D eigenvalue weighted by atomic mass is 16.2. The fourth-order valence-electron chi connectivity index (χ4n) is 5.08. The summed E-state index contributed by atoms with van der Waals surface area (Å²) in [5.74, 6) is 0.339. The molecule has 6 nitrogen and oxygen atoms in total. The highest BCUT2D eigenvalue weighted by Crippen LogP contribution is 2.34. The minimum Gasteiger partial charge on any atom is -0.329 e. The summed E-state index contributed by atoms with van der Waals surface area (Å²) in [4.78, 5) is 29.0. The van der Waals surface area contributed by atoms with E-state index in [9.17, 15) is 9.59 Å². The highest BCUT2D eigenvalue weighted by molar-refractivity contribution is 6.02. The third kappa shape index (κ3) is 5.66. The van der Waals surface area contributed by atoms with Crippen molar-refractivity contribution in [1.29, 1.82) is 0 Å². The summed E-state index contributed by atoms with van der Waals surface area (Å²) < 4.78 is 1.79. The lowest BCUT2D eigenvalue weighted by Gasteiger charge is -2.24. The second-order valence-corrected chi connectivity index (χ2v) is 10.6. The van der Waals surface area contributed by atoms with Gasteiger partial charge in [-0.15, -0.1) is 0 Å². The molecule has 1 heterocycles. The topological polar surface area (TPSA) is 67.2 Å². The minimum absolute atomic E-state index is 0.0733. The maximum Gasteiger partial charge on any atom is 0.254 e. The summed E-state index contributed by atoms with van der Waals surface area (Å²) in [6.45, 7) is 8.44. The van der Waals surface area contributed by atoms with Gasteiger partial charge in [-0.2, -0.15) is 5.10 Å². The van der Waals surface area contributed by atoms with E-state index in [1.54, 1.807) is 9.58 Å². The number of anilines is 1. The van der Waals surface area contributed by atoms with Crippen LogP contribution in [0.25, 0.3) is 27.6 Å². The van der Waals surface area contributed by atoms with Gasteiger partial charge in [0.25, 0.3) is 5.91 Å². The molecule has 4 aromatic carbocycles. The smallest absolute Gasteiger partial charge is 0.254 e. The van der Waals surface area contributed by atoms with E-state index < -0.39 is 0 Å². The molecule has 0 bridgehead atoms. The first-order valence-corrected chi connectivity index (χ1v) is 13.6. The average molecular weight is 531 g/mol. The van der Waals surface area contributed by atoms with Gasteiger partial charge in [-0.25, -0.2) is 4.68 Å². The first-order chi connectivity index (χ1) is 19.3. The molecule has 1 N–H and O–H groups in total. The zero-order valence-electron chi connectivity index (χ0n) is 23.4. The van der Waals surface area contributed by atoms with Crippen molar-refractivity contribution in [3.8, 4) is 16.8 Å². The number of amides is 2. The number of benzene rings is 4. The van der Waals surface area contributed by atoms with Gasteiger partial charge in [-0.05, 0) is 59.9 Å². The van der Waals surface area contributed by atoms with Crippen LogP contribution in [0, 0.1) is 19.8 Å². The van der Waals surface area contributed by atoms with Crippen molar-refractivity contribution in [3.63, 3.8) is 0 Å². The van der Waals surface area contributed by atoms with Crippen LogP contribution in [-0.4, -0.2) is 39.6 Å². The average Bonchev–Trinajstić information content (AvgIpc) is 3.27. The van der Waals surface area contributed by atoms with Crippen molar-refractivity contribution in [2.45, 2.75) is 27.7 Å². The first-order valence-electron chi connectivity index (χ1n) is 13.6. The number of hydrogen-bond acceptors (Lipinski definition) is 3. The molecular weight excluding hydrogens is 496 g/mol. The molecule has 0 radical (unpaired) electrons. The van der Waals surface area contributed by atoms with Gasteiger partial charge in [0.1, 0.15) is 12.4 Å². The number of carbonyl (C=O) groups excluding carboxylic acids is 2. The molecule has 6 heteroatoms. The summed E-state index contributed by atoms with van der Waals surface area (Å²) in [6, 6.07) is 31.5. The maximum atomic E-state index is 13.7. The monoisotopic (exact) mass is 530 g/mol. The quantitative estimate of drug-likeness (QED) is 0.234. The lowest BCUT2D eigenvalue weighted by Crippen LogP contribution is -2.40. The number of rotatable bonds is 8. The Morgan fingerprint density at radius 1 is 0.850 bits per heavy atom. The van der Waals surface area contributed by atoms with Crippen LogP contribution in [0.2, 0.25) is 0 Å². The zero-order chi connectivity index (χ0) is 28.2. The largest absolute Gasteiger partial charge is 0.329 e. The van der Waals surface area contributed by atoms with E-state index in [1.807, 2.05) is 125 Å². The van der Waals surface area contributed by atoms with E-state index in [4.69, 9.17) is 5.10 Å². The summed E-state index contributed by atoms with van der Waals surface area (Å²) in [7, 11) is 0. The van der Waals surface area contributed by atoms with Crippen LogP contribution in [0.4, 0.5) is 5.82 Å². The Kier molecular flexibility index (Phi) is 7.78. The maximum absolute atomic E-state index is 13.7. The van der Waals surface area contributed by atoms with Crippen molar-refractivity contribution in [1.82, 2.24) is 14.7 Å². The molecule has 0 fully saturated rings. The van der Waals surface area contributed by atoms with Gasteiger partial charge in [0, 0.05) is 17.7 Å². The van der Waals surface area contributed by atoms with Crippen LogP contribution in [-0.2, 0) is 4.79 Å². The number of aryl methyl sites for hydroxylation is 2.